The molecule has 0 aromatic carbocycles. The van der Waals surface area contributed by atoms with Crippen molar-refractivity contribution in [2.45, 2.75) is 141 Å². The van der Waals surface area contributed by atoms with E-state index in [0.717, 1.165) is 12.8 Å². The summed E-state index contributed by atoms with van der Waals surface area (Å²) in [6.45, 7) is 25.2. The number of rotatable bonds is 5. The van der Waals surface area contributed by atoms with Crippen LogP contribution in [0.5, 0.6) is 0 Å². The average Bonchev–Trinajstić information content (AvgIpc) is 3.28. The summed E-state index contributed by atoms with van der Waals surface area (Å²) in [5, 5.41) is 0. The first kappa shape index (κ1) is 25.1. The molecule has 4 fully saturated rings. The highest BCUT2D eigenvalue weighted by Crippen LogP contribution is 2.58. The zero-order valence-corrected chi connectivity index (χ0v) is 22.3. The maximum absolute atomic E-state index is 6.60. The van der Waals surface area contributed by atoms with Crippen molar-refractivity contribution in [1.82, 2.24) is 0 Å². The van der Waals surface area contributed by atoms with Crippen LogP contribution in [0, 0.1) is 5.92 Å². The Bertz CT molecular complexity index is 662. The van der Waals surface area contributed by atoms with Gasteiger partial charge in [0.15, 0.2) is 0 Å². The molecule has 1 saturated carbocycles. The second kappa shape index (κ2) is 7.24. The summed E-state index contributed by atoms with van der Waals surface area (Å²) in [5.41, 5.74) is -2.75. The van der Waals surface area contributed by atoms with Gasteiger partial charge in [-0.2, -0.15) is 0 Å². The fourth-order valence-electron chi connectivity index (χ4n) is 4.83. The molecule has 3 heterocycles. The number of hydrogen-bond donors (Lipinski definition) is 0. The monoisotopic (exact) mass is 448 g/mol. The van der Waals surface area contributed by atoms with Gasteiger partial charge in [-0.3, -0.25) is 0 Å². The van der Waals surface area contributed by atoms with E-state index < -0.39 is 47.8 Å². The standard InChI is InChI=1S/C23H43B3O6/c1-18(2)19(3,4)28-24(27-18)16(15-13-14-15)17(25-29-20(5,6)21(7,8)30-25)26-31-22(9,10)23(11,12)32-26/h15-17H,13-14H2,1-12H3. The first-order chi connectivity index (χ1) is 14.3. The molecule has 180 valence electrons. The maximum atomic E-state index is 6.60. The van der Waals surface area contributed by atoms with Gasteiger partial charge in [0.2, 0.25) is 0 Å². The smallest absolute Gasteiger partial charge is 0.403 e. The fourth-order valence-corrected chi connectivity index (χ4v) is 4.83. The molecular formula is C23H43B3O6. The van der Waals surface area contributed by atoms with E-state index in [1.165, 1.54) is 0 Å². The van der Waals surface area contributed by atoms with Gasteiger partial charge >= 0.3 is 21.4 Å². The van der Waals surface area contributed by atoms with Crippen LogP contribution in [0.1, 0.15) is 95.9 Å². The third-order valence-electron chi connectivity index (χ3n) is 9.37. The molecule has 9 heteroatoms. The topological polar surface area (TPSA) is 55.4 Å². The normalized spacial score (nSPS) is 32.7. The van der Waals surface area contributed by atoms with E-state index in [0.29, 0.717) is 5.92 Å². The van der Waals surface area contributed by atoms with Gasteiger partial charge in [-0.25, -0.2) is 0 Å². The minimum Gasteiger partial charge on any atom is -0.403 e. The van der Waals surface area contributed by atoms with E-state index in [1.807, 2.05) is 0 Å². The van der Waals surface area contributed by atoms with E-state index in [9.17, 15) is 0 Å². The lowest BCUT2D eigenvalue weighted by atomic mass is 9.39. The predicted molar refractivity (Wildman–Crippen MR) is 128 cm³/mol. The van der Waals surface area contributed by atoms with Crippen molar-refractivity contribution in [3.8, 4) is 0 Å². The summed E-state index contributed by atoms with van der Waals surface area (Å²) in [6, 6.07) is 0. The van der Waals surface area contributed by atoms with E-state index in [-0.39, 0.29) is 18.7 Å². The summed E-state index contributed by atoms with van der Waals surface area (Å²) in [4.78, 5) is 0. The van der Waals surface area contributed by atoms with Crippen molar-refractivity contribution in [3.05, 3.63) is 0 Å². The summed E-state index contributed by atoms with van der Waals surface area (Å²) in [7, 11) is -1.31. The Hall–Kier alpha value is -0.0452. The Morgan fingerprint density at radius 1 is 0.469 bits per heavy atom. The van der Waals surface area contributed by atoms with Gasteiger partial charge in [0.25, 0.3) is 0 Å². The molecule has 0 spiro atoms. The van der Waals surface area contributed by atoms with Crippen LogP contribution >= 0.6 is 0 Å². The first-order valence-electron chi connectivity index (χ1n) is 12.4. The Morgan fingerprint density at radius 3 is 0.969 bits per heavy atom. The van der Waals surface area contributed by atoms with Crippen LogP contribution in [0.15, 0.2) is 0 Å². The Kier molecular flexibility index (Phi) is 5.67. The number of hydrogen-bond acceptors (Lipinski definition) is 6. The molecule has 0 aromatic heterocycles. The second-order valence-corrected chi connectivity index (χ2v) is 13.4. The van der Waals surface area contributed by atoms with Gasteiger partial charge in [-0.1, -0.05) is 12.8 Å². The van der Waals surface area contributed by atoms with Crippen molar-refractivity contribution < 1.29 is 27.9 Å². The van der Waals surface area contributed by atoms with E-state index in [1.54, 1.807) is 0 Å². The molecule has 4 rings (SSSR count). The molecule has 1 aliphatic carbocycles. The lowest BCUT2D eigenvalue weighted by Gasteiger charge is -2.32. The highest BCUT2D eigenvalue weighted by molar-refractivity contribution is 6.71. The van der Waals surface area contributed by atoms with Crippen molar-refractivity contribution in [2.24, 2.45) is 5.92 Å². The molecule has 0 radical (unpaired) electrons. The molecule has 32 heavy (non-hydrogen) atoms. The highest BCUT2D eigenvalue weighted by atomic mass is 16.7. The summed E-state index contributed by atoms with van der Waals surface area (Å²) in [5.74, 6) is 0.508. The largest absolute Gasteiger partial charge is 0.460 e. The van der Waals surface area contributed by atoms with Crippen molar-refractivity contribution >= 4 is 21.4 Å². The molecule has 0 N–H and O–H groups in total. The zero-order chi connectivity index (χ0) is 24.1. The van der Waals surface area contributed by atoms with Gasteiger partial charge in [0.05, 0.1) is 33.6 Å². The summed E-state index contributed by atoms with van der Waals surface area (Å²) in [6.07, 6.45) is 2.29. The van der Waals surface area contributed by atoms with E-state index in [2.05, 4.69) is 83.1 Å². The molecule has 4 aliphatic rings. The second-order valence-electron chi connectivity index (χ2n) is 13.4. The van der Waals surface area contributed by atoms with Crippen LogP contribution in [-0.4, -0.2) is 55.0 Å². The quantitative estimate of drug-likeness (QED) is 0.555. The Balaban J connectivity index is 1.72. The lowest BCUT2D eigenvalue weighted by molar-refractivity contribution is 0.00578. The maximum Gasteiger partial charge on any atom is 0.460 e. The van der Waals surface area contributed by atoms with Crippen LogP contribution in [0.3, 0.4) is 0 Å². The van der Waals surface area contributed by atoms with E-state index in [4.69, 9.17) is 27.9 Å². The fraction of sp³-hybridized carbons (Fsp3) is 1.00. The molecule has 0 aromatic rings. The minimum absolute atomic E-state index is 0.0421. The molecular weight excluding hydrogens is 405 g/mol. The third kappa shape index (κ3) is 3.93. The van der Waals surface area contributed by atoms with Crippen molar-refractivity contribution in [3.63, 3.8) is 0 Å². The summed E-state index contributed by atoms with van der Waals surface area (Å²) >= 11 is 0. The molecule has 3 aliphatic heterocycles. The molecule has 1 unspecified atom stereocenters. The summed E-state index contributed by atoms with van der Waals surface area (Å²) < 4.78 is 39.6. The molecule has 1 atom stereocenters. The van der Waals surface area contributed by atoms with Crippen LogP contribution in [0.25, 0.3) is 0 Å². The van der Waals surface area contributed by atoms with Crippen LogP contribution < -0.4 is 0 Å². The molecule has 6 nitrogen and oxygen atoms in total. The first-order valence-corrected chi connectivity index (χ1v) is 12.4. The highest BCUT2D eigenvalue weighted by Gasteiger charge is 2.68. The van der Waals surface area contributed by atoms with Crippen molar-refractivity contribution in [2.75, 3.05) is 0 Å². The zero-order valence-electron chi connectivity index (χ0n) is 22.3. The lowest BCUT2D eigenvalue weighted by Crippen LogP contribution is -2.46. The van der Waals surface area contributed by atoms with Crippen LogP contribution in [0.2, 0.25) is 11.5 Å². The molecule has 0 amide bonds. The van der Waals surface area contributed by atoms with Crippen molar-refractivity contribution in [1.29, 1.82) is 0 Å². The average molecular weight is 448 g/mol. The molecule has 3 saturated heterocycles. The van der Waals surface area contributed by atoms with Crippen LogP contribution in [0.4, 0.5) is 0 Å². The van der Waals surface area contributed by atoms with Crippen LogP contribution in [-0.2, 0) is 27.9 Å². The van der Waals surface area contributed by atoms with Gasteiger partial charge < -0.3 is 27.9 Å². The third-order valence-corrected chi connectivity index (χ3v) is 9.37. The minimum atomic E-state index is -0.473. The predicted octanol–water partition coefficient (Wildman–Crippen LogP) is 4.95. The molecule has 0 bridgehead atoms. The van der Waals surface area contributed by atoms with Gasteiger partial charge in [0.1, 0.15) is 0 Å². The Labute approximate surface area is 196 Å². The SMILES string of the molecule is CC1(C)OB(C(B2OC(C)(C)C(C)(C)O2)C(B2OC(C)(C)C(C)(C)O2)C2CC2)OC1(C)C. The van der Waals surface area contributed by atoms with Gasteiger partial charge in [0, 0.05) is 5.72 Å². The van der Waals surface area contributed by atoms with Gasteiger partial charge in [-0.05, 0) is 94.8 Å². The van der Waals surface area contributed by atoms with E-state index >= 15 is 0 Å². The van der Waals surface area contributed by atoms with Gasteiger partial charge in [-0.15, -0.1) is 0 Å². The Morgan fingerprint density at radius 2 is 0.719 bits per heavy atom.